The van der Waals surface area contributed by atoms with Gasteiger partial charge in [0.1, 0.15) is 5.70 Å². The van der Waals surface area contributed by atoms with Crippen LogP contribution in [0.2, 0.25) is 0 Å². The third-order valence-electron chi connectivity index (χ3n) is 4.26. The summed E-state index contributed by atoms with van der Waals surface area (Å²) in [6.45, 7) is 7.54. The summed E-state index contributed by atoms with van der Waals surface area (Å²) in [6.07, 6.45) is 0. The highest BCUT2D eigenvalue weighted by molar-refractivity contribution is 6.00. The molecule has 1 aromatic carbocycles. The molecule has 0 saturated carbocycles. The SMILES string of the molecule is CC(=O)C(=C(c1ccccc1)N1CCOCC1)N1CCOCC1. The first-order valence-corrected chi connectivity index (χ1v) is 8.23. The molecule has 0 radical (unpaired) electrons. The second-order valence-electron chi connectivity index (χ2n) is 5.82. The highest BCUT2D eigenvalue weighted by Gasteiger charge is 2.26. The minimum Gasteiger partial charge on any atom is -0.378 e. The third-order valence-corrected chi connectivity index (χ3v) is 4.26. The molecule has 0 unspecified atom stereocenters. The van der Waals surface area contributed by atoms with Gasteiger partial charge in [-0.3, -0.25) is 4.79 Å². The molecular formula is C18H24N2O3. The van der Waals surface area contributed by atoms with Crippen LogP contribution in [0, 0.1) is 0 Å². The van der Waals surface area contributed by atoms with Crippen LogP contribution in [0.3, 0.4) is 0 Å². The van der Waals surface area contributed by atoms with Crippen molar-refractivity contribution >= 4 is 11.5 Å². The average molecular weight is 316 g/mol. The van der Waals surface area contributed by atoms with Crippen LogP contribution in [-0.2, 0) is 14.3 Å². The zero-order valence-electron chi connectivity index (χ0n) is 13.7. The summed E-state index contributed by atoms with van der Waals surface area (Å²) in [5.74, 6) is 0.109. The molecule has 5 nitrogen and oxygen atoms in total. The standard InChI is InChI=1S/C18H24N2O3/c1-15(21)17(19-7-11-22-12-8-19)18(16-5-3-2-4-6-16)20-9-13-23-14-10-20/h2-6H,7-14H2,1H3. The molecule has 0 spiro atoms. The highest BCUT2D eigenvalue weighted by atomic mass is 16.5. The van der Waals surface area contributed by atoms with E-state index in [-0.39, 0.29) is 5.78 Å². The van der Waals surface area contributed by atoms with E-state index < -0.39 is 0 Å². The smallest absolute Gasteiger partial charge is 0.177 e. The van der Waals surface area contributed by atoms with Gasteiger partial charge in [-0.15, -0.1) is 0 Å². The van der Waals surface area contributed by atoms with E-state index in [4.69, 9.17) is 9.47 Å². The lowest BCUT2D eigenvalue weighted by molar-refractivity contribution is -0.115. The molecule has 2 aliphatic rings. The number of allylic oxidation sites excluding steroid dienone is 1. The Labute approximate surface area is 137 Å². The number of Topliss-reactive ketones (excluding diaryl/α,β-unsaturated/α-hetero) is 1. The van der Waals surface area contributed by atoms with Gasteiger partial charge in [0.25, 0.3) is 0 Å². The predicted octanol–water partition coefficient (Wildman–Crippen LogP) is 1.61. The molecule has 0 aromatic heterocycles. The van der Waals surface area contributed by atoms with Crippen LogP contribution in [-0.4, -0.2) is 68.2 Å². The maximum atomic E-state index is 12.5. The van der Waals surface area contributed by atoms with E-state index in [9.17, 15) is 4.79 Å². The van der Waals surface area contributed by atoms with Gasteiger partial charge >= 0.3 is 0 Å². The molecule has 1 aromatic rings. The van der Waals surface area contributed by atoms with Crippen LogP contribution in [0.15, 0.2) is 36.0 Å². The largest absolute Gasteiger partial charge is 0.378 e. The van der Waals surface area contributed by atoms with Crippen LogP contribution < -0.4 is 0 Å². The maximum Gasteiger partial charge on any atom is 0.177 e. The Hall–Kier alpha value is -1.85. The summed E-state index contributed by atoms with van der Waals surface area (Å²) >= 11 is 0. The predicted molar refractivity (Wildman–Crippen MR) is 88.8 cm³/mol. The number of carbonyl (C=O) groups excluding carboxylic acids is 1. The molecule has 0 bridgehead atoms. The van der Waals surface area contributed by atoms with Gasteiger partial charge in [-0.25, -0.2) is 0 Å². The number of benzene rings is 1. The number of rotatable bonds is 4. The van der Waals surface area contributed by atoms with Crippen LogP contribution in [0.4, 0.5) is 0 Å². The summed E-state index contributed by atoms with van der Waals surface area (Å²) < 4.78 is 10.9. The maximum absolute atomic E-state index is 12.5. The van der Waals surface area contributed by atoms with Gasteiger partial charge in [0.15, 0.2) is 5.78 Å². The van der Waals surface area contributed by atoms with E-state index in [1.165, 1.54) is 0 Å². The molecule has 5 heteroatoms. The van der Waals surface area contributed by atoms with Gasteiger partial charge in [-0.2, -0.15) is 0 Å². The van der Waals surface area contributed by atoms with Crippen molar-refractivity contribution in [1.29, 1.82) is 0 Å². The topological polar surface area (TPSA) is 42.0 Å². The van der Waals surface area contributed by atoms with Crippen LogP contribution >= 0.6 is 0 Å². The summed E-state index contributed by atoms with van der Waals surface area (Å²) in [6, 6.07) is 10.2. The van der Waals surface area contributed by atoms with E-state index in [1.54, 1.807) is 6.92 Å². The second kappa shape index (κ2) is 7.62. The Morgan fingerprint density at radius 3 is 1.91 bits per heavy atom. The summed E-state index contributed by atoms with van der Waals surface area (Å²) in [5.41, 5.74) is 2.93. The Morgan fingerprint density at radius 2 is 1.39 bits per heavy atom. The molecule has 124 valence electrons. The molecule has 3 rings (SSSR count). The zero-order valence-corrected chi connectivity index (χ0v) is 13.7. The van der Waals surface area contributed by atoms with Crippen molar-refractivity contribution in [1.82, 2.24) is 9.80 Å². The van der Waals surface area contributed by atoms with E-state index in [0.717, 1.165) is 43.1 Å². The minimum atomic E-state index is 0.109. The Kier molecular flexibility index (Phi) is 5.31. The average Bonchev–Trinajstić information content (AvgIpc) is 2.61. The van der Waals surface area contributed by atoms with Gasteiger partial charge in [0.2, 0.25) is 0 Å². The van der Waals surface area contributed by atoms with Gasteiger partial charge in [-0.1, -0.05) is 30.3 Å². The summed E-state index contributed by atoms with van der Waals surface area (Å²) in [7, 11) is 0. The van der Waals surface area contributed by atoms with Crippen molar-refractivity contribution in [2.24, 2.45) is 0 Å². The van der Waals surface area contributed by atoms with Crippen molar-refractivity contribution < 1.29 is 14.3 Å². The molecule has 2 fully saturated rings. The summed E-state index contributed by atoms with van der Waals surface area (Å²) in [4.78, 5) is 17.0. The van der Waals surface area contributed by atoms with Crippen molar-refractivity contribution in [3.05, 3.63) is 41.6 Å². The number of morpholine rings is 2. The number of hydrogen-bond acceptors (Lipinski definition) is 5. The van der Waals surface area contributed by atoms with Gasteiger partial charge in [0.05, 0.1) is 32.1 Å². The number of nitrogens with zero attached hydrogens (tertiary/aromatic N) is 2. The van der Waals surface area contributed by atoms with E-state index >= 15 is 0 Å². The molecular weight excluding hydrogens is 292 g/mol. The quantitative estimate of drug-likeness (QED) is 0.790. The molecule has 0 aliphatic carbocycles. The molecule has 0 N–H and O–H groups in total. The highest BCUT2D eigenvalue weighted by Crippen LogP contribution is 2.27. The van der Waals surface area contributed by atoms with E-state index in [1.807, 2.05) is 18.2 Å². The van der Waals surface area contributed by atoms with Gasteiger partial charge in [0, 0.05) is 38.7 Å². The summed E-state index contributed by atoms with van der Waals surface area (Å²) in [5, 5.41) is 0. The molecule has 0 atom stereocenters. The number of carbonyl (C=O) groups is 1. The fraction of sp³-hybridized carbons (Fsp3) is 0.500. The molecule has 0 amide bonds. The number of ketones is 1. The molecule has 2 saturated heterocycles. The van der Waals surface area contributed by atoms with E-state index in [2.05, 4.69) is 21.9 Å². The lowest BCUT2D eigenvalue weighted by atomic mass is 10.0. The second-order valence-corrected chi connectivity index (χ2v) is 5.82. The lowest BCUT2D eigenvalue weighted by Gasteiger charge is -2.37. The number of ether oxygens (including phenoxy) is 2. The molecule has 2 aliphatic heterocycles. The first-order valence-electron chi connectivity index (χ1n) is 8.23. The third kappa shape index (κ3) is 3.74. The number of hydrogen-bond donors (Lipinski definition) is 0. The minimum absolute atomic E-state index is 0.109. The first-order chi connectivity index (χ1) is 11.3. The van der Waals surface area contributed by atoms with Crippen molar-refractivity contribution in [3.63, 3.8) is 0 Å². The van der Waals surface area contributed by atoms with Crippen molar-refractivity contribution in [2.45, 2.75) is 6.92 Å². The first kappa shape index (κ1) is 16.0. The monoisotopic (exact) mass is 316 g/mol. The van der Waals surface area contributed by atoms with Crippen LogP contribution in [0.5, 0.6) is 0 Å². The van der Waals surface area contributed by atoms with Crippen LogP contribution in [0.25, 0.3) is 5.70 Å². The van der Waals surface area contributed by atoms with Gasteiger partial charge in [-0.05, 0) is 0 Å². The normalized spacial score (nSPS) is 20.2. The molecule has 2 heterocycles. The van der Waals surface area contributed by atoms with Crippen molar-refractivity contribution in [3.8, 4) is 0 Å². The lowest BCUT2D eigenvalue weighted by Crippen LogP contribution is -2.42. The Morgan fingerprint density at radius 1 is 0.870 bits per heavy atom. The Balaban J connectivity index is 2.06. The fourth-order valence-corrected chi connectivity index (χ4v) is 3.18. The van der Waals surface area contributed by atoms with Crippen LogP contribution in [0.1, 0.15) is 12.5 Å². The fourth-order valence-electron chi connectivity index (χ4n) is 3.18. The Bertz CT molecular complexity index is 559. The molecule has 23 heavy (non-hydrogen) atoms. The van der Waals surface area contributed by atoms with Gasteiger partial charge < -0.3 is 19.3 Å². The zero-order chi connectivity index (χ0) is 16.1. The van der Waals surface area contributed by atoms with E-state index in [0.29, 0.717) is 26.4 Å². The van der Waals surface area contributed by atoms with Crippen molar-refractivity contribution in [2.75, 3.05) is 52.6 Å².